The molecule has 2 rings (SSSR count). The molecule has 2 N–H and O–H groups in total. The van der Waals surface area contributed by atoms with E-state index in [2.05, 4.69) is 31.8 Å². The van der Waals surface area contributed by atoms with Crippen molar-refractivity contribution in [2.75, 3.05) is 7.11 Å². The first-order chi connectivity index (χ1) is 13.9. The minimum absolute atomic E-state index is 0.0774. The summed E-state index contributed by atoms with van der Waals surface area (Å²) in [7, 11) is 1.55. The fraction of sp³-hybridized carbons (Fsp3) is 0.286. The van der Waals surface area contributed by atoms with Crippen LogP contribution in [0.3, 0.4) is 0 Å². The van der Waals surface area contributed by atoms with Gasteiger partial charge < -0.3 is 14.8 Å². The number of methoxy groups -OCH3 is 1. The summed E-state index contributed by atoms with van der Waals surface area (Å²) in [6, 6.07) is 13.0. The van der Waals surface area contributed by atoms with Gasteiger partial charge in [-0.2, -0.15) is 5.10 Å². The Bertz CT molecular complexity index is 869. The predicted octanol–water partition coefficient (Wildman–Crippen LogP) is 3.40. The lowest BCUT2D eigenvalue weighted by Gasteiger charge is -2.11. The van der Waals surface area contributed by atoms with Crippen LogP contribution in [0.1, 0.15) is 31.4 Å². The third-order valence-corrected chi connectivity index (χ3v) is 4.60. The second kappa shape index (κ2) is 11.2. The highest BCUT2D eigenvalue weighted by Crippen LogP contribution is 2.28. The van der Waals surface area contributed by atoms with Gasteiger partial charge >= 0.3 is 11.8 Å². The summed E-state index contributed by atoms with van der Waals surface area (Å²) in [5, 5.41) is 6.39. The largest absolute Gasteiger partial charge is 0.493 e. The molecule has 0 aliphatic carbocycles. The van der Waals surface area contributed by atoms with Crippen LogP contribution in [0.4, 0.5) is 0 Å². The molecule has 2 aromatic carbocycles. The highest BCUT2D eigenvalue weighted by molar-refractivity contribution is 9.10. The summed E-state index contributed by atoms with van der Waals surface area (Å²) in [6.45, 7) is 4.14. The number of hydrogen-bond acceptors (Lipinski definition) is 5. The summed E-state index contributed by atoms with van der Waals surface area (Å²) in [6.07, 6.45) is 2.16. The van der Waals surface area contributed by atoms with E-state index in [0.29, 0.717) is 23.7 Å². The number of carbonyl (C=O) groups is 2. The van der Waals surface area contributed by atoms with Gasteiger partial charge in [-0.15, -0.1) is 0 Å². The van der Waals surface area contributed by atoms with Crippen molar-refractivity contribution < 1.29 is 19.1 Å². The number of carbonyl (C=O) groups excluding carboxylic acids is 2. The smallest absolute Gasteiger partial charge is 0.329 e. The Labute approximate surface area is 178 Å². The molecule has 0 unspecified atom stereocenters. The maximum atomic E-state index is 11.7. The molecule has 154 valence electrons. The third-order valence-electron chi connectivity index (χ3n) is 4.07. The maximum Gasteiger partial charge on any atom is 0.329 e. The number of rotatable bonds is 8. The van der Waals surface area contributed by atoms with Crippen molar-refractivity contribution >= 4 is 34.0 Å². The number of hydrazone groups is 1. The molecule has 0 spiro atoms. The Hall–Kier alpha value is -2.87. The van der Waals surface area contributed by atoms with Gasteiger partial charge in [0.05, 0.1) is 13.3 Å². The summed E-state index contributed by atoms with van der Waals surface area (Å²) in [5.41, 5.74) is 3.91. The monoisotopic (exact) mass is 461 g/mol. The summed E-state index contributed by atoms with van der Waals surface area (Å²) in [5.74, 6) is -0.412. The fourth-order valence-corrected chi connectivity index (χ4v) is 2.50. The molecular weight excluding hydrogens is 438 g/mol. The highest BCUT2D eigenvalue weighted by atomic mass is 79.9. The molecule has 1 atom stereocenters. The molecule has 0 saturated heterocycles. The lowest BCUT2D eigenvalue weighted by molar-refractivity contribution is -0.139. The molecule has 0 heterocycles. The number of nitrogens with zero attached hydrogens (tertiary/aromatic N) is 1. The number of nitrogens with one attached hydrogen (secondary N) is 2. The summed E-state index contributed by atoms with van der Waals surface area (Å²) >= 11 is 3.40. The Morgan fingerprint density at radius 3 is 2.52 bits per heavy atom. The number of amides is 2. The van der Waals surface area contributed by atoms with Gasteiger partial charge in [0.1, 0.15) is 6.61 Å². The highest BCUT2D eigenvalue weighted by Gasteiger charge is 2.14. The molecule has 0 aliphatic rings. The van der Waals surface area contributed by atoms with Crippen LogP contribution in [0.2, 0.25) is 0 Å². The van der Waals surface area contributed by atoms with Gasteiger partial charge in [0, 0.05) is 10.5 Å². The van der Waals surface area contributed by atoms with Crippen LogP contribution in [-0.4, -0.2) is 31.2 Å². The standard InChI is InChI=1S/C21H24BrN3O4/c1-4-14(2)24-20(26)21(27)25-23-12-16-7-10-18(19(11-16)28-3)29-13-15-5-8-17(22)9-6-15/h5-12,14H,4,13H2,1-3H3,(H,24,26)(H,25,27)/b23-12-/t14-/m0/s1. The second-order valence-electron chi connectivity index (χ2n) is 6.31. The van der Waals surface area contributed by atoms with E-state index < -0.39 is 11.8 Å². The minimum atomic E-state index is -0.817. The Morgan fingerprint density at radius 2 is 1.86 bits per heavy atom. The quantitative estimate of drug-likeness (QED) is 0.358. The van der Waals surface area contributed by atoms with Crippen LogP contribution in [0, 0.1) is 0 Å². The molecule has 2 aromatic rings. The molecular formula is C21H24BrN3O4. The zero-order valence-corrected chi connectivity index (χ0v) is 18.2. The zero-order valence-electron chi connectivity index (χ0n) is 16.6. The normalized spacial score (nSPS) is 11.7. The van der Waals surface area contributed by atoms with Crippen molar-refractivity contribution in [3.8, 4) is 11.5 Å². The SMILES string of the molecule is CC[C@H](C)NC(=O)C(=O)N/N=C\c1ccc(OCc2ccc(Br)cc2)c(OC)c1. The van der Waals surface area contributed by atoms with Gasteiger partial charge in [0.25, 0.3) is 0 Å². The lowest BCUT2D eigenvalue weighted by atomic mass is 10.2. The molecule has 0 aromatic heterocycles. The van der Waals surface area contributed by atoms with Gasteiger partial charge in [0.15, 0.2) is 11.5 Å². The van der Waals surface area contributed by atoms with Crippen LogP contribution in [0.5, 0.6) is 11.5 Å². The molecule has 7 nitrogen and oxygen atoms in total. The molecule has 8 heteroatoms. The van der Waals surface area contributed by atoms with Crippen molar-refractivity contribution in [1.82, 2.24) is 10.7 Å². The molecule has 29 heavy (non-hydrogen) atoms. The summed E-state index contributed by atoms with van der Waals surface area (Å²) < 4.78 is 12.2. The van der Waals surface area contributed by atoms with Crippen LogP contribution in [0.25, 0.3) is 0 Å². The van der Waals surface area contributed by atoms with E-state index in [1.54, 1.807) is 25.3 Å². The second-order valence-corrected chi connectivity index (χ2v) is 7.22. The van der Waals surface area contributed by atoms with E-state index in [4.69, 9.17) is 9.47 Å². The Kier molecular flexibility index (Phi) is 8.67. The van der Waals surface area contributed by atoms with Crippen molar-refractivity contribution in [1.29, 1.82) is 0 Å². The minimum Gasteiger partial charge on any atom is -0.493 e. The predicted molar refractivity (Wildman–Crippen MR) is 115 cm³/mol. The van der Waals surface area contributed by atoms with E-state index in [1.165, 1.54) is 6.21 Å². The van der Waals surface area contributed by atoms with Crippen molar-refractivity contribution in [3.63, 3.8) is 0 Å². The first-order valence-corrected chi connectivity index (χ1v) is 9.91. The van der Waals surface area contributed by atoms with Gasteiger partial charge in [-0.05, 0) is 54.8 Å². The van der Waals surface area contributed by atoms with Crippen LogP contribution < -0.4 is 20.2 Å². The Balaban J connectivity index is 1.95. The summed E-state index contributed by atoms with van der Waals surface area (Å²) in [4.78, 5) is 23.4. The van der Waals surface area contributed by atoms with Crippen LogP contribution in [0.15, 0.2) is 52.0 Å². The maximum absolute atomic E-state index is 11.7. The molecule has 0 radical (unpaired) electrons. The topological polar surface area (TPSA) is 89.0 Å². The van der Waals surface area contributed by atoms with Crippen LogP contribution in [-0.2, 0) is 16.2 Å². The van der Waals surface area contributed by atoms with E-state index in [0.717, 1.165) is 16.5 Å². The molecule has 0 aliphatic heterocycles. The molecule has 2 amide bonds. The van der Waals surface area contributed by atoms with Gasteiger partial charge in [-0.25, -0.2) is 5.43 Å². The van der Waals surface area contributed by atoms with Crippen molar-refractivity contribution in [3.05, 3.63) is 58.1 Å². The van der Waals surface area contributed by atoms with Gasteiger partial charge in [-0.1, -0.05) is 35.0 Å². The molecule has 0 saturated carbocycles. The average molecular weight is 462 g/mol. The van der Waals surface area contributed by atoms with E-state index in [1.807, 2.05) is 38.1 Å². The number of benzene rings is 2. The van der Waals surface area contributed by atoms with Crippen molar-refractivity contribution in [2.45, 2.75) is 32.9 Å². The Morgan fingerprint density at radius 1 is 1.14 bits per heavy atom. The van der Waals surface area contributed by atoms with E-state index in [-0.39, 0.29) is 6.04 Å². The van der Waals surface area contributed by atoms with Crippen LogP contribution >= 0.6 is 15.9 Å². The zero-order chi connectivity index (χ0) is 21.2. The fourth-order valence-electron chi connectivity index (χ4n) is 2.23. The van der Waals surface area contributed by atoms with Gasteiger partial charge in [0.2, 0.25) is 0 Å². The van der Waals surface area contributed by atoms with E-state index in [9.17, 15) is 9.59 Å². The average Bonchev–Trinajstić information content (AvgIpc) is 2.73. The molecule has 0 fully saturated rings. The third kappa shape index (κ3) is 7.23. The number of hydrogen-bond donors (Lipinski definition) is 2. The van der Waals surface area contributed by atoms with E-state index >= 15 is 0 Å². The first kappa shape index (κ1) is 22.4. The molecule has 0 bridgehead atoms. The first-order valence-electron chi connectivity index (χ1n) is 9.12. The van der Waals surface area contributed by atoms with Gasteiger partial charge in [-0.3, -0.25) is 9.59 Å². The lowest BCUT2D eigenvalue weighted by Crippen LogP contribution is -2.41. The van der Waals surface area contributed by atoms with Crippen molar-refractivity contribution in [2.24, 2.45) is 5.10 Å². The number of halogens is 1. The number of ether oxygens (including phenoxy) is 2.